The van der Waals surface area contributed by atoms with E-state index in [0.29, 0.717) is 0 Å². The van der Waals surface area contributed by atoms with Gasteiger partial charge in [0.25, 0.3) is 0 Å². The Hall–Kier alpha value is 0.390. The Bertz CT molecular complexity index is 157. The standard InChI is InChI=1S/C8H16NO.HI/c1-7-8(2,10)5-6-9(7,3)4;/h10H,1,5-6H2,2-4H3;1H/q+1;/p-1. The van der Waals surface area contributed by atoms with Gasteiger partial charge < -0.3 is 29.1 Å². The number of nitrogens with zero attached hydrogens (tertiary/aromatic N) is 1. The largest absolute Gasteiger partial charge is 1.00 e. The fraction of sp³-hybridized carbons (Fsp3) is 0.750. The molecule has 1 aliphatic rings. The second-order valence-corrected chi connectivity index (χ2v) is 3.88. The van der Waals surface area contributed by atoms with Crippen LogP contribution in [0, 0.1) is 0 Å². The van der Waals surface area contributed by atoms with Gasteiger partial charge in [0.15, 0.2) is 0 Å². The molecule has 0 bridgehead atoms. The molecule has 0 aromatic heterocycles. The topological polar surface area (TPSA) is 20.2 Å². The van der Waals surface area contributed by atoms with Gasteiger partial charge in [-0.05, 0) is 13.5 Å². The zero-order valence-corrected chi connectivity index (χ0v) is 9.55. The number of hydrogen-bond donors (Lipinski definition) is 1. The molecule has 3 heteroatoms. The predicted octanol–water partition coefficient (Wildman–Crippen LogP) is -2.26. The van der Waals surface area contributed by atoms with Gasteiger partial charge in [-0.1, -0.05) is 0 Å². The van der Waals surface area contributed by atoms with Gasteiger partial charge >= 0.3 is 0 Å². The van der Waals surface area contributed by atoms with Gasteiger partial charge in [0.1, 0.15) is 11.3 Å². The van der Waals surface area contributed by atoms with Gasteiger partial charge in [-0.15, -0.1) is 0 Å². The normalized spacial score (nSPS) is 35.1. The summed E-state index contributed by atoms with van der Waals surface area (Å²) in [4.78, 5) is 0. The molecule has 0 spiro atoms. The van der Waals surface area contributed by atoms with Crippen molar-refractivity contribution < 1.29 is 33.6 Å². The predicted molar refractivity (Wildman–Crippen MR) is 41.4 cm³/mol. The highest BCUT2D eigenvalue weighted by Crippen LogP contribution is 2.33. The van der Waals surface area contributed by atoms with Crippen LogP contribution >= 0.6 is 0 Å². The van der Waals surface area contributed by atoms with Crippen LogP contribution in [0.3, 0.4) is 0 Å². The Morgan fingerprint density at radius 3 is 2.09 bits per heavy atom. The van der Waals surface area contributed by atoms with E-state index in [4.69, 9.17) is 0 Å². The molecule has 0 aliphatic carbocycles. The molecule has 1 saturated heterocycles. The van der Waals surface area contributed by atoms with Crippen LogP contribution in [0.15, 0.2) is 12.3 Å². The van der Waals surface area contributed by atoms with Crippen molar-refractivity contribution >= 4 is 0 Å². The highest BCUT2D eigenvalue weighted by atomic mass is 127. The Morgan fingerprint density at radius 1 is 1.55 bits per heavy atom. The van der Waals surface area contributed by atoms with Crippen molar-refractivity contribution in [3.05, 3.63) is 12.3 Å². The molecule has 11 heavy (non-hydrogen) atoms. The summed E-state index contributed by atoms with van der Waals surface area (Å²) in [6.45, 7) is 6.71. The minimum absolute atomic E-state index is 0. The highest BCUT2D eigenvalue weighted by Gasteiger charge is 2.44. The van der Waals surface area contributed by atoms with Crippen molar-refractivity contribution in [3.63, 3.8) is 0 Å². The van der Waals surface area contributed by atoms with Crippen LogP contribution in [-0.4, -0.2) is 35.8 Å². The van der Waals surface area contributed by atoms with Crippen LogP contribution in [0.2, 0.25) is 0 Å². The molecule has 0 aromatic rings. The van der Waals surface area contributed by atoms with Crippen LogP contribution in [0.25, 0.3) is 0 Å². The van der Waals surface area contributed by atoms with Gasteiger partial charge in [-0.25, -0.2) is 0 Å². The number of likely N-dealkylation sites (N-methyl/N-ethyl adjacent to an activating group) is 1. The SMILES string of the molecule is C=C1C(C)(O)CC[N+]1(C)C.[I-]. The lowest BCUT2D eigenvalue weighted by atomic mass is 10.0. The van der Waals surface area contributed by atoms with Gasteiger partial charge in [0.2, 0.25) is 0 Å². The van der Waals surface area contributed by atoms with E-state index in [2.05, 4.69) is 20.7 Å². The first-order chi connectivity index (χ1) is 4.36. The molecule has 1 rings (SSSR count). The number of hydrogen-bond acceptors (Lipinski definition) is 1. The third-order valence-electron chi connectivity index (χ3n) is 2.51. The summed E-state index contributed by atoms with van der Waals surface area (Å²) in [5.74, 6) is 0. The fourth-order valence-electron chi connectivity index (χ4n) is 1.43. The smallest absolute Gasteiger partial charge is 0.140 e. The van der Waals surface area contributed by atoms with E-state index in [9.17, 15) is 5.11 Å². The molecule has 1 fully saturated rings. The van der Waals surface area contributed by atoms with Gasteiger partial charge in [0.05, 0.1) is 20.6 Å². The van der Waals surface area contributed by atoms with Crippen LogP contribution in [0.1, 0.15) is 13.3 Å². The average molecular weight is 269 g/mol. The molecule has 0 aromatic carbocycles. The van der Waals surface area contributed by atoms with Crippen LogP contribution in [0.4, 0.5) is 0 Å². The van der Waals surface area contributed by atoms with E-state index in [1.807, 2.05) is 6.92 Å². The molecular weight excluding hydrogens is 253 g/mol. The summed E-state index contributed by atoms with van der Waals surface area (Å²) in [7, 11) is 4.15. The first-order valence-electron chi connectivity index (χ1n) is 3.61. The Labute approximate surface area is 85.5 Å². The summed E-state index contributed by atoms with van der Waals surface area (Å²) in [6.07, 6.45) is 0.832. The molecule has 1 unspecified atom stereocenters. The number of halogens is 1. The van der Waals surface area contributed by atoms with Crippen molar-refractivity contribution in [2.45, 2.75) is 18.9 Å². The van der Waals surface area contributed by atoms with Crippen molar-refractivity contribution in [1.29, 1.82) is 0 Å². The van der Waals surface area contributed by atoms with Gasteiger partial charge in [0, 0.05) is 6.42 Å². The summed E-state index contributed by atoms with van der Waals surface area (Å²) in [6, 6.07) is 0. The molecule has 0 amide bonds. The molecule has 0 radical (unpaired) electrons. The van der Waals surface area contributed by atoms with Crippen molar-refractivity contribution in [2.24, 2.45) is 0 Å². The number of likely N-dealkylation sites (tertiary alicyclic amines) is 1. The van der Waals surface area contributed by atoms with Crippen LogP contribution < -0.4 is 24.0 Å². The van der Waals surface area contributed by atoms with Crippen LogP contribution in [0.5, 0.6) is 0 Å². The van der Waals surface area contributed by atoms with E-state index >= 15 is 0 Å². The monoisotopic (exact) mass is 269 g/mol. The summed E-state index contributed by atoms with van der Waals surface area (Å²) in [5.41, 5.74) is 0.288. The lowest BCUT2D eigenvalue weighted by molar-refractivity contribution is -0.844. The lowest BCUT2D eigenvalue weighted by Crippen LogP contribution is -3.00. The second-order valence-electron chi connectivity index (χ2n) is 3.88. The Morgan fingerprint density at radius 2 is 2.00 bits per heavy atom. The number of aliphatic hydroxyl groups is 1. The maximum absolute atomic E-state index is 9.68. The molecule has 1 heterocycles. The number of rotatable bonds is 0. The second kappa shape index (κ2) is 3.03. The van der Waals surface area contributed by atoms with E-state index in [1.165, 1.54) is 0 Å². The zero-order valence-electron chi connectivity index (χ0n) is 7.39. The molecular formula is C8H16INO. The average Bonchev–Trinajstić information content (AvgIpc) is 1.95. The molecule has 66 valence electrons. The summed E-state index contributed by atoms with van der Waals surface area (Å²) < 4.78 is 0.757. The minimum atomic E-state index is -0.635. The third kappa shape index (κ3) is 1.95. The fourth-order valence-corrected chi connectivity index (χ4v) is 1.43. The molecule has 2 nitrogen and oxygen atoms in total. The summed E-state index contributed by atoms with van der Waals surface area (Å²) in [5, 5.41) is 9.68. The molecule has 1 N–H and O–H groups in total. The van der Waals surface area contributed by atoms with Gasteiger partial charge in [-0.3, -0.25) is 4.48 Å². The quantitative estimate of drug-likeness (QED) is 0.388. The Balaban J connectivity index is 0.000001000. The number of quaternary nitrogens is 1. The molecule has 0 saturated carbocycles. The van der Waals surface area contributed by atoms with E-state index in [1.54, 1.807) is 0 Å². The van der Waals surface area contributed by atoms with E-state index in [0.717, 1.165) is 23.1 Å². The third-order valence-corrected chi connectivity index (χ3v) is 2.51. The lowest BCUT2D eigenvalue weighted by Gasteiger charge is -2.26. The first-order valence-corrected chi connectivity index (χ1v) is 3.61. The van der Waals surface area contributed by atoms with Crippen molar-refractivity contribution in [3.8, 4) is 0 Å². The van der Waals surface area contributed by atoms with Crippen LogP contribution in [-0.2, 0) is 0 Å². The van der Waals surface area contributed by atoms with E-state index in [-0.39, 0.29) is 24.0 Å². The van der Waals surface area contributed by atoms with E-state index < -0.39 is 5.60 Å². The van der Waals surface area contributed by atoms with Gasteiger partial charge in [-0.2, -0.15) is 0 Å². The zero-order chi connectivity index (χ0) is 7.99. The summed E-state index contributed by atoms with van der Waals surface area (Å²) >= 11 is 0. The Kier molecular flexibility index (Phi) is 3.14. The molecule has 1 atom stereocenters. The maximum atomic E-state index is 9.68. The first kappa shape index (κ1) is 11.4. The maximum Gasteiger partial charge on any atom is 0.140 e. The minimum Gasteiger partial charge on any atom is -1.00 e. The van der Waals surface area contributed by atoms with Crippen molar-refractivity contribution in [2.75, 3.05) is 20.6 Å². The highest BCUT2D eigenvalue weighted by molar-refractivity contribution is 5.06. The molecule has 1 aliphatic heterocycles. The van der Waals surface area contributed by atoms with Crippen molar-refractivity contribution in [1.82, 2.24) is 0 Å².